The molecular formula is C16H12N6O7. The Morgan fingerprint density at radius 3 is 2.59 bits per heavy atom. The summed E-state index contributed by atoms with van der Waals surface area (Å²) in [5.41, 5.74) is -1.53. The number of aromatic nitrogens is 3. The molecule has 0 atom stereocenters. The van der Waals surface area contributed by atoms with Gasteiger partial charge in [0.25, 0.3) is 11.6 Å². The molecule has 0 aliphatic heterocycles. The maximum Gasteiger partial charge on any atom is 0.362 e. The fourth-order valence-corrected chi connectivity index (χ4v) is 2.35. The summed E-state index contributed by atoms with van der Waals surface area (Å²) < 4.78 is 10.3. The number of amides is 1. The molecule has 2 heterocycles. The van der Waals surface area contributed by atoms with Crippen molar-refractivity contribution < 1.29 is 24.1 Å². The number of carbonyl (C=O) groups is 1. The molecule has 13 nitrogen and oxygen atoms in total. The third-order valence-electron chi connectivity index (χ3n) is 3.54. The first-order valence-electron chi connectivity index (χ1n) is 7.84. The number of carbonyl (C=O) groups excluding carboxylic acids is 1. The van der Waals surface area contributed by atoms with Gasteiger partial charge in [0, 0.05) is 18.3 Å². The molecule has 2 N–H and O–H groups in total. The highest BCUT2D eigenvalue weighted by Crippen LogP contribution is 2.31. The molecule has 0 aliphatic rings. The van der Waals surface area contributed by atoms with Gasteiger partial charge in [-0.05, 0) is 12.1 Å². The lowest BCUT2D eigenvalue weighted by Crippen LogP contribution is -2.14. The molecule has 148 valence electrons. The van der Waals surface area contributed by atoms with Crippen LogP contribution in [0.2, 0.25) is 0 Å². The Bertz CT molecular complexity index is 1080. The second-order valence-corrected chi connectivity index (χ2v) is 5.43. The fourth-order valence-electron chi connectivity index (χ4n) is 2.35. The van der Waals surface area contributed by atoms with Gasteiger partial charge < -0.3 is 14.8 Å². The van der Waals surface area contributed by atoms with Crippen LogP contribution >= 0.6 is 0 Å². The van der Waals surface area contributed by atoms with E-state index in [1.165, 1.54) is 18.5 Å². The van der Waals surface area contributed by atoms with Crippen molar-refractivity contribution in [3.8, 4) is 17.4 Å². The van der Waals surface area contributed by atoms with Crippen molar-refractivity contribution in [2.75, 3.05) is 12.4 Å². The van der Waals surface area contributed by atoms with Crippen molar-refractivity contribution in [3.63, 3.8) is 0 Å². The summed E-state index contributed by atoms with van der Waals surface area (Å²) in [7, 11) is 1.16. The monoisotopic (exact) mass is 400 g/mol. The number of aromatic amines is 1. The Balaban J connectivity index is 1.92. The Morgan fingerprint density at radius 1 is 1.17 bits per heavy atom. The largest absolute Gasteiger partial charge is 0.475 e. The van der Waals surface area contributed by atoms with E-state index >= 15 is 0 Å². The highest BCUT2D eigenvalue weighted by molar-refractivity contribution is 6.06. The predicted octanol–water partition coefficient (Wildman–Crippen LogP) is 2.67. The summed E-state index contributed by atoms with van der Waals surface area (Å²) >= 11 is 0. The standard InChI is InChI=1S/C16H12N6O7/c1-28-16-14(22(26)27)13(19-20-16)15(23)18-9-5-10(21(24)25)7-12(6-9)29-11-3-2-4-17-8-11/h2-8H,1H3,(H,18,23)(H,19,20). The SMILES string of the molecule is COc1n[nH]c(C(=O)Nc2cc(Oc3cccnc3)cc([N+](=O)[O-])c2)c1[N+](=O)[O-]. The van der Waals surface area contributed by atoms with Crippen molar-refractivity contribution in [1.29, 1.82) is 0 Å². The minimum absolute atomic E-state index is 0.0223. The van der Waals surface area contributed by atoms with Crippen molar-refractivity contribution in [3.05, 3.63) is 68.6 Å². The van der Waals surface area contributed by atoms with Gasteiger partial charge in [-0.15, -0.1) is 5.10 Å². The number of nitrogens with one attached hydrogen (secondary N) is 2. The molecule has 3 aromatic rings. The summed E-state index contributed by atoms with van der Waals surface area (Å²) in [6, 6.07) is 6.75. The molecule has 0 saturated carbocycles. The zero-order chi connectivity index (χ0) is 21.0. The van der Waals surface area contributed by atoms with Crippen LogP contribution in [0.4, 0.5) is 17.1 Å². The maximum absolute atomic E-state index is 12.5. The predicted molar refractivity (Wildman–Crippen MR) is 97.2 cm³/mol. The van der Waals surface area contributed by atoms with Gasteiger partial charge in [0.05, 0.1) is 34.9 Å². The molecule has 3 rings (SSSR count). The van der Waals surface area contributed by atoms with Gasteiger partial charge in [0.1, 0.15) is 11.5 Å². The molecule has 13 heteroatoms. The second kappa shape index (κ2) is 7.99. The highest BCUT2D eigenvalue weighted by Gasteiger charge is 2.30. The molecule has 0 bridgehead atoms. The average Bonchev–Trinajstić information content (AvgIpc) is 3.13. The summed E-state index contributed by atoms with van der Waals surface area (Å²) in [5, 5.41) is 30.5. The third kappa shape index (κ3) is 4.24. The van der Waals surface area contributed by atoms with Crippen molar-refractivity contribution in [2.24, 2.45) is 0 Å². The minimum Gasteiger partial charge on any atom is -0.475 e. The number of nitro benzene ring substituents is 1. The number of rotatable bonds is 7. The van der Waals surface area contributed by atoms with Crippen LogP contribution in [0.5, 0.6) is 17.4 Å². The number of nitro groups is 2. The molecule has 1 aromatic carbocycles. The van der Waals surface area contributed by atoms with E-state index in [0.717, 1.165) is 19.2 Å². The van der Waals surface area contributed by atoms with Gasteiger partial charge in [-0.25, -0.2) is 0 Å². The molecule has 29 heavy (non-hydrogen) atoms. The number of nitrogens with zero attached hydrogens (tertiary/aromatic N) is 4. The molecule has 0 fully saturated rings. The molecule has 0 spiro atoms. The van der Waals surface area contributed by atoms with Crippen LogP contribution in [-0.4, -0.2) is 38.0 Å². The first kappa shape index (κ1) is 19.2. The summed E-state index contributed by atoms with van der Waals surface area (Å²) in [5.74, 6) is -0.946. The fraction of sp³-hybridized carbons (Fsp3) is 0.0625. The smallest absolute Gasteiger partial charge is 0.362 e. The molecule has 0 aliphatic carbocycles. The molecule has 0 radical (unpaired) electrons. The van der Waals surface area contributed by atoms with Crippen LogP contribution < -0.4 is 14.8 Å². The van der Waals surface area contributed by atoms with Crippen LogP contribution in [0.25, 0.3) is 0 Å². The lowest BCUT2D eigenvalue weighted by Gasteiger charge is -2.08. The van der Waals surface area contributed by atoms with Gasteiger partial charge in [0.15, 0.2) is 0 Å². The number of benzene rings is 1. The Morgan fingerprint density at radius 2 is 1.97 bits per heavy atom. The quantitative estimate of drug-likeness (QED) is 0.446. The summed E-state index contributed by atoms with van der Waals surface area (Å²) in [6.45, 7) is 0. The molecule has 2 aromatic heterocycles. The Labute approximate surface area is 161 Å². The first-order valence-corrected chi connectivity index (χ1v) is 7.84. The number of anilines is 1. The number of hydrogen-bond donors (Lipinski definition) is 2. The normalized spacial score (nSPS) is 10.2. The lowest BCUT2D eigenvalue weighted by atomic mass is 10.2. The van der Waals surface area contributed by atoms with Gasteiger partial charge in [-0.1, -0.05) is 0 Å². The van der Waals surface area contributed by atoms with Gasteiger partial charge in [0.2, 0.25) is 5.69 Å². The Hall–Kier alpha value is -4.55. The molecule has 1 amide bonds. The minimum atomic E-state index is -0.944. The number of hydrogen-bond acceptors (Lipinski definition) is 9. The average molecular weight is 400 g/mol. The van der Waals surface area contributed by atoms with Crippen molar-refractivity contribution in [1.82, 2.24) is 15.2 Å². The first-order chi connectivity index (χ1) is 13.9. The topological polar surface area (TPSA) is 175 Å². The van der Waals surface area contributed by atoms with Crippen LogP contribution in [0.3, 0.4) is 0 Å². The van der Waals surface area contributed by atoms with E-state index in [2.05, 4.69) is 20.5 Å². The Kier molecular flexibility index (Phi) is 5.30. The number of pyridine rings is 1. The van der Waals surface area contributed by atoms with E-state index in [1.807, 2.05) is 0 Å². The van der Waals surface area contributed by atoms with Gasteiger partial charge >= 0.3 is 11.6 Å². The van der Waals surface area contributed by atoms with Crippen molar-refractivity contribution >= 4 is 23.0 Å². The summed E-state index contributed by atoms with van der Waals surface area (Å²) in [6.07, 6.45) is 2.93. The van der Waals surface area contributed by atoms with E-state index in [4.69, 9.17) is 9.47 Å². The zero-order valence-corrected chi connectivity index (χ0v) is 14.7. The number of methoxy groups -OCH3 is 1. The van der Waals surface area contributed by atoms with Crippen molar-refractivity contribution in [2.45, 2.75) is 0 Å². The molecular weight excluding hydrogens is 388 g/mol. The van der Waals surface area contributed by atoms with E-state index < -0.39 is 27.1 Å². The highest BCUT2D eigenvalue weighted by atomic mass is 16.6. The molecule has 0 unspecified atom stereocenters. The zero-order valence-electron chi connectivity index (χ0n) is 14.7. The molecule has 0 saturated heterocycles. The summed E-state index contributed by atoms with van der Waals surface area (Å²) in [4.78, 5) is 37.2. The van der Waals surface area contributed by atoms with Crippen LogP contribution in [-0.2, 0) is 0 Å². The van der Waals surface area contributed by atoms with E-state index in [0.29, 0.717) is 5.75 Å². The maximum atomic E-state index is 12.5. The van der Waals surface area contributed by atoms with E-state index in [9.17, 15) is 25.0 Å². The number of non-ortho nitro benzene ring substituents is 1. The number of H-pyrrole nitrogens is 1. The number of ether oxygens (including phenoxy) is 2. The second-order valence-electron chi connectivity index (χ2n) is 5.43. The van der Waals surface area contributed by atoms with Crippen LogP contribution in [0.15, 0.2) is 42.7 Å². The lowest BCUT2D eigenvalue weighted by molar-refractivity contribution is -0.386. The van der Waals surface area contributed by atoms with Gasteiger partial charge in [-0.2, -0.15) is 0 Å². The van der Waals surface area contributed by atoms with Crippen LogP contribution in [0, 0.1) is 20.2 Å². The van der Waals surface area contributed by atoms with E-state index in [1.54, 1.807) is 12.1 Å². The van der Waals surface area contributed by atoms with Crippen LogP contribution in [0.1, 0.15) is 10.5 Å². The van der Waals surface area contributed by atoms with E-state index in [-0.39, 0.29) is 23.0 Å². The third-order valence-corrected chi connectivity index (χ3v) is 3.54. The van der Waals surface area contributed by atoms with Gasteiger partial charge in [-0.3, -0.25) is 35.1 Å².